The van der Waals surface area contributed by atoms with Gasteiger partial charge >= 0.3 is 0 Å². The molecule has 1 aromatic heterocycles. The summed E-state index contributed by atoms with van der Waals surface area (Å²) >= 11 is 4.54. The topological polar surface area (TPSA) is 59.5 Å². The highest BCUT2D eigenvalue weighted by Crippen LogP contribution is 2.25. The van der Waals surface area contributed by atoms with E-state index in [-0.39, 0.29) is 12.2 Å². The van der Waals surface area contributed by atoms with Crippen LogP contribution in [0.4, 0.5) is 0 Å². The molecule has 2 heterocycles. The van der Waals surface area contributed by atoms with E-state index in [4.69, 9.17) is 4.74 Å². The molecule has 0 radical (unpaired) electrons. The summed E-state index contributed by atoms with van der Waals surface area (Å²) < 4.78 is 32.3. The zero-order valence-corrected chi connectivity index (χ0v) is 13.4. The summed E-state index contributed by atoms with van der Waals surface area (Å²) in [5.41, 5.74) is 0. The van der Waals surface area contributed by atoms with Crippen molar-refractivity contribution >= 4 is 37.3 Å². The molecular weight excluding hydrogens is 340 g/mol. The lowest BCUT2D eigenvalue weighted by atomic mass is 10.3. The summed E-state index contributed by atoms with van der Waals surface area (Å²) in [6.07, 6.45) is 1.24. The molecule has 18 heavy (non-hydrogen) atoms. The summed E-state index contributed by atoms with van der Waals surface area (Å²) in [6, 6.07) is 0. The van der Waals surface area contributed by atoms with Crippen LogP contribution in [0.5, 0.6) is 0 Å². The van der Waals surface area contributed by atoms with E-state index >= 15 is 0 Å². The predicted octanol–water partition coefficient (Wildman–Crippen LogP) is 1.62. The van der Waals surface area contributed by atoms with Crippen LogP contribution in [-0.2, 0) is 14.8 Å². The van der Waals surface area contributed by atoms with E-state index in [9.17, 15) is 8.42 Å². The average Bonchev–Trinajstić information content (AvgIpc) is 2.75. The molecular formula is C10H15BrN2O3S2. The number of sulfonamides is 1. The molecule has 1 aromatic rings. The van der Waals surface area contributed by atoms with Crippen molar-refractivity contribution in [2.45, 2.75) is 30.3 Å². The second-order valence-corrected chi connectivity index (χ2v) is 8.29. The summed E-state index contributed by atoms with van der Waals surface area (Å²) in [5, 5.41) is 1.39. The fraction of sp³-hybridized carbons (Fsp3) is 0.700. The van der Waals surface area contributed by atoms with Crippen molar-refractivity contribution in [1.29, 1.82) is 0 Å². The monoisotopic (exact) mass is 354 g/mol. The number of hydrogen-bond donors (Lipinski definition) is 0. The van der Waals surface area contributed by atoms with Crippen molar-refractivity contribution in [1.82, 2.24) is 9.29 Å². The van der Waals surface area contributed by atoms with E-state index in [0.29, 0.717) is 22.6 Å². The molecule has 0 saturated carbocycles. The van der Waals surface area contributed by atoms with Crippen molar-refractivity contribution < 1.29 is 13.2 Å². The number of halogens is 1. The number of ether oxygens (including phenoxy) is 1. The standard InChI is InChI=1S/C10H15BrN2O3S2/c1-7-5-13(6-9(3-11)16-7)18(14,15)10-4-12-8(2)17-10/h4,7,9H,3,5-6H2,1-2H3. The molecule has 0 aromatic carbocycles. The van der Waals surface area contributed by atoms with E-state index in [0.717, 1.165) is 5.01 Å². The minimum atomic E-state index is -3.43. The van der Waals surface area contributed by atoms with E-state index in [1.54, 1.807) is 6.92 Å². The molecule has 0 N–H and O–H groups in total. The van der Waals surface area contributed by atoms with Crippen LogP contribution in [0.3, 0.4) is 0 Å². The van der Waals surface area contributed by atoms with E-state index < -0.39 is 10.0 Å². The Morgan fingerprint density at radius 3 is 2.89 bits per heavy atom. The minimum Gasteiger partial charge on any atom is -0.372 e. The third kappa shape index (κ3) is 2.93. The van der Waals surface area contributed by atoms with Gasteiger partial charge in [0.15, 0.2) is 4.21 Å². The molecule has 0 amide bonds. The van der Waals surface area contributed by atoms with E-state index in [2.05, 4.69) is 20.9 Å². The molecule has 0 aliphatic carbocycles. The summed E-state index contributed by atoms with van der Waals surface area (Å²) in [4.78, 5) is 4.01. The van der Waals surface area contributed by atoms with Crippen molar-refractivity contribution in [2.75, 3.05) is 18.4 Å². The molecule has 1 aliphatic heterocycles. The first-order valence-corrected chi connectivity index (χ1v) is 8.95. The molecule has 2 unspecified atom stereocenters. The van der Waals surface area contributed by atoms with Crippen molar-refractivity contribution in [3.05, 3.63) is 11.2 Å². The lowest BCUT2D eigenvalue weighted by Gasteiger charge is -2.34. The first-order valence-electron chi connectivity index (χ1n) is 5.57. The van der Waals surface area contributed by atoms with E-state index in [1.165, 1.54) is 21.8 Å². The SMILES string of the molecule is Cc1ncc(S(=O)(=O)N2CC(C)OC(CBr)C2)s1. The number of alkyl halides is 1. The maximum Gasteiger partial charge on any atom is 0.254 e. The highest BCUT2D eigenvalue weighted by molar-refractivity contribution is 9.09. The highest BCUT2D eigenvalue weighted by Gasteiger charge is 2.34. The van der Waals surface area contributed by atoms with Gasteiger partial charge in [-0.25, -0.2) is 13.4 Å². The van der Waals surface area contributed by atoms with Crippen LogP contribution in [0, 0.1) is 6.92 Å². The normalized spacial score (nSPS) is 26.4. The predicted molar refractivity (Wildman–Crippen MR) is 73.7 cm³/mol. The fourth-order valence-electron chi connectivity index (χ4n) is 1.87. The number of aryl methyl sites for hydroxylation is 1. The van der Waals surface area contributed by atoms with Crippen LogP contribution >= 0.6 is 27.3 Å². The smallest absolute Gasteiger partial charge is 0.254 e. The van der Waals surface area contributed by atoms with Crippen molar-refractivity contribution in [3.8, 4) is 0 Å². The Labute approximate surface area is 119 Å². The highest BCUT2D eigenvalue weighted by atomic mass is 79.9. The maximum absolute atomic E-state index is 12.4. The Morgan fingerprint density at radius 1 is 1.61 bits per heavy atom. The fourth-order valence-corrected chi connectivity index (χ4v) is 5.04. The quantitative estimate of drug-likeness (QED) is 0.774. The van der Waals surface area contributed by atoms with Gasteiger partial charge in [0.2, 0.25) is 0 Å². The summed E-state index contributed by atoms with van der Waals surface area (Å²) in [7, 11) is -3.43. The van der Waals surface area contributed by atoms with Gasteiger partial charge in [0.1, 0.15) is 0 Å². The van der Waals surface area contributed by atoms with Gasteiger partial charge in [-0.05, 0) is 13.8 Å². The number of rotatable bonds is 3. The van der Waals surface area contributed by atoms with Gasteiger partial charge in [-0.15, -0.1) is 11.3 Å². The Kier molecular flexibility index (Phi) is 4.43. The molecule has 0 spiro atoms. The lowest BCUT2D eigenvalue weighted by Crippen LogP contribution is -2.49. The van der Waals surface area contributed by atoms with Crippen molar-refractivity contribution in [3.63, 3.8) is 0 Å². The Bertz CT molecular complexity index is 517. The second-order valence-electron chi connectivity index (χ2n) is 4.24. The molecule has 1 fully saturated rings. The van der Waals surface area contributed by atoms with Crippen LogP contribution in [-0.4, -0.2) is 48.3 Å². The molecule has 0 bridgehead atoms. The number of nitrogens with zero attached hydrogens (tertiary/aromatic N) is 2. The van der Waals surface area contributed by atoms with Crippen LogP contribution in [0.15, 0.2) is 10.4 Å². The van der Waals surface area contributed by atoms with E-state index in [1.807, 2.05) is 6.92 Å². The van der Waals surface area contributed by atoms with Crippen LogP contribution < -0.4 is 0 Å². The Balaban J connectivity index is 2.24. The summed E-state index contributed by atoms with van der Waals surface area (Å²) in [5.74, 6) is 0. The molecule has 2 rings (SSSR count). The molecule has 1 saturated heterocycles. The van der Waals surface area contributed by atoms with Gasteiger partial charge < -0.3 is 4.74 Å². The van der Waals surface area contributed by atoms with Crippen LogP contribution in [0.1, 0.15) is 11.9 Å². The molecule has 1 aliphatic rings. The number of aromatic nitrogens is 1. The van der Waals surface area contributed by atoms with Crippen molar-refractivity contribution in [2.24, 2.45) is 0 Å². The van der Waals surface area contributed by atoms with Gasteiger partial charge in [-0.2, -0.15) is 4.31 Å². The zero-order valence-electron chi connectivity index (χ0n) is 10.2. The molecule has 102 valence electrons. The third-order valence-corrected chi connectivity index (χ3v) is 6.56. The lowest BCUT2D eigenvalue weighted by molar-refractivity contribution is -0.0410. The minimum absolute atomic E-state index is 0.0925. The number of hydrogen-bond acceptors (Lipinski definition) is 5. The third-order valence-electron chi connectivity index (χ3n) is 2.66. The number of thiazole rings is 1. The molecule has 5 nitrogen and oxygen atoms in total. The van der Waals surface area contributed by atoms with Gasteiger partial charge in [0.25, 0.3) is 10.0 Å². The maximum atomic E-state index is 12.4. The average molecular weight is 355 g/mol. The zero-order chi connectivity index (χ0) is 13.3. The van der Waals surface area contributed by atoms with Gasteiger partial charge in [-0.1, -0.05) is 15.9 Å². The van der Waals surface area contributed by atoms with Crippen LogP contribution in [0.25, 0.3) is 0 Å². The van der Waals surface area contributed by atoms with Crippen LogP contribution in [0.2, 0.25) is 0 Å². The van der Waals surface area contributed by atoms with Gasteiger partial charge in [0.05, 0.1) is 23.4 Å². The summed E-state index contributed by atoms with van der Waals surface area (Å²) in [6.45, 7) is 4.46. The van der Waals surface area contributed by atoms with Gasteiger partial charge in [0, 0.05) is 18.4 Å². The second kappa shape index (κ2) is 5.54. The first-order chi connectivity index (χ1) is 8.43. The number of morpholine rings is 1. The molecule has 8 heteroatoms. The Morgan fingerprint density at radius 2 is 2.33 bits per heavy atom. The largest absolute Gasteiger partial charge is 0.372 e. The van der Waals surface area contributed by atoms with Gasteiger partial charge in [-0.3, -0.25) is 0 Å². The Hall–Kier alpha value is -0.0200. The first kappa shape index (κ1) is 14.4. The molecule has 2 atom stereocenters.